The van der Waals surface area contributed by atoms with E-state index in [1.165, 1.54) is 12.1 Å². The highest BCUT2D eigenvalue weighted by Gasteiger charge is 2.22. The van der Waals surface area contributed by atoms with E-state index in [-0.39, 0.29) is 19.0 Å². The van der Waals surface area contributed by atoms with Crippen molar-refractivity contribution >= 4 is 0 Å². The Morgan fingerprint density at radius 2 is 1.93 bits per heavy atom. The number of hydrogen-bond donors (Lipinski definition) is 3. The molecule has 1 aromatic carbocycles. The van der Waals surface area contributed by atoms with Crippen LogP contribution in [-0.2, 0) is 6.42 Å². The van der Waals surface area contributed by atoms with Gasteiger partial charge in [0.05, 0.1) is 18.8 Å². The number of nitrogens with two attached hydrogens (primary N) is 1. The molecule has 0 saturated heterocycles. The summed E-state index contributed by atoms with van der Waals surface area (Å²) in [5, 5.41) is 17.9. The Balaban J connectivity index is 2.56. The minimum Gasteiger partial charge on any atom is -0.394 e. The number of aliphatic hydroxyl groups excluding tert-OH is 2. The summed E-state index contributed by atoms with van der Waals surface area (Å²) in [6.07, 6.45) is 0.957. The standard InChI is InChI=1S/C11H16FNO2/c12-10-3-1-2-9(6-10)4-5-11(13,7-14)8-15/h1-3,6,14-15H,4-5,7-8,13H2. The van der Waals surface area contributed by atoms with E-state index < -0.39 is 5.54 Å². The van der Waals surface area contributed by atoms with Crippen molar-refractivity contribution in [3.05, 3.63) is 35.6 Å². The lowest BCUT2D eigenvalue weighted by atomic mass is 9.94. The van der Waals surface area contributed by atoms with Gasteiger partial charge in [0.2, 0.25) is 0 Å². The number of aryl methyl sites for hydroxylation is 1. The topological polar surface area (TPSA) is 66.5 Å². The zero-order valence-electron chi connectivity index (χ0n) is 8.49. The third-order valence-corrected chi connectivity index (χ3v) is 2.43. The van der Waals surface area contributed by atoms with Gasteiger partial charge >= 0.3 is 0 Å². The average Bonchev–Trinajstić information content (AvgIpc) is 2.26. The van der Waals surface area contributed by atoms with Crippen LogP contribution in [-0.4, -0.2) is 29.0 Å². The van der Waals surface area contributed by atoms with Crippen LogP contribution >= 0.6 is 0 Å². The second-order valence-corrected chi connectivity index (χ2v) is 3.81. The van der Waals surface area contributed by atoms with Crippen molar-refractivity contribution in [1.82, 2.24) is 0 Å². The van der Waals surface area contributed by atoms with Gasteiger partial charge in [-0.2, -0.15) is 0 Å². The molecule has 0 saturated carbocycles. The molecule has 15 heavy (non-hydrogen) atoms. The van der Waals surface area contributed by atoms with Gasteiger partial charge in [0, 0.05) is 0 Å². The monoisotopic (exact) mass is 213 g/mol. The molecule has 0 aliphatic rings. The molecule has 4 N–H and O–H groups in total. The lowest BCUT2D eigenvalue weighted by Gasteiger charge is -2.24. The van der Waals surface area contributed by atoms with Crippen molar-refractivity contribution in [3.63, 3.8) is 0 Å². The van der Waals surface area contributed by atoms with E-state index in [9.17, 15) is 4.39 Å². The van der Waals surface area contributed by atoms with Gasteiger partial charge in [-0.3, -0.25) is 0 Å². The summed E-state index contributed by atoms with van der Waals surface area (Å²) >= 11 is 0. The Labute approximate surface area is 88.4 Å². The number of aliphatic hydroxyl groups is 2. The number of halogens is 1. The zero-order valence-corrected chi connectivity index (χ0v) is 8.49. The molecule has 0 aromatic heterocycles. The highest BCUT2D eigenvalue weighted by Crippen LogP contribution is 2.12. The van der Waals surface area contributed by atoms with Gasteiger partial charge in [-0.05, 0) is 30.5 Å². The molecule has 0 bridgehead atoms. The summed E-state index contributed by atoms with van der Waals surface area (Å²) in [6, 6.07) is 6.21. The molecule has 0 unspecified atom stereocenters. The Morgan fingerprint density at radius 3 is 2.47 bits per heavy atom. The number of benzene rings is 1. The van der Waals surface area contributed by atoms with Gasteiger partial charge in [-0.25, -0.2) is 4.39 Å². The second-order valence-electron chi connectivity index (χ2n) is 3.81. The highest BCUT2D eigenvalue weighted by atomic mass is 19.1. The van der Waals surface area contributed by atoms with E-state index >= 15 is 0 Å². The summed E-state index contributed by atoms with van der Waals surface area (Å²) in [6.45, 7) is -0.558. The first-order chi connectivity index (χ1) is 7.09. The Hall–Kier alpha value is -0.970. The molecule has 0 spiro atoms. The molecule has 0 aliphatic carbocycles. The van der Waals surface area contributed by atoms with Crippen LogP contribution in [0.2, 0.25) is 0 Å². The lowest BCUT2D eigenvalue weighted by Crippen LogP contribution is -2.47. The van der Waals surface area contributed by atoms with E-state index in [0.29, 0.717) is 12.8 Å². The minimum atomic E-state index is -0.980. The zero-order chi connectivity index (χ0) is 11.3. The summed E-state index contributed by atoms with van der Waals surface area (Å²) in [5.41, 5.74) is 5.52. The third kappa shape index (κ3) is 3.58. The van der Waals surface area contributed by atoms with Crippen LogP contribution in [0.4, 0.5) is 4.39 Å². The van der Waals surface area contributed by atoms with Crippen LogP contribution < -0.4 is 5.73 Å². The molecule has 0 radical (unpaired) electrons. The molecule has 0 fully saturated rings. The quantitative estimate of drug-likeness (QED) is 0.665. The first kappa shape index (κ1) is 12.1. The van der Waals surface area contributed by atoms with E-state index in [0.717, 1.165) is 5.56 Å². The minimum absolute atomic E-state index is 0.279. The van der Waals surface area contributed by atoms with Crippen molar-refractivity contribution in [2.75, 3.05) is 13.2 Å². The van der Waals surface area contributed by atoms with Crippen molar-refractivity contribution < 1.29 is 14.6 Å². The van der Waals surface area contributed by atoms with Gasteiger partial charge in [-0.1, -0.05) is 12.1 Å². The van der Waals surface area contributed by atoms with E-state index in [1.54, 1.807) is 12.1 Å². The summed E-state index contributed by atoms with van der Waals surface area (Å²) in [4.78, 5) is 0. The Kier molecular flexibility index (Phi) is 4.20. The fourth-order valence-electron chi connectivity index (χ4n) is 1.29. The van der Waals surface area contributed by atoms with Crippen LogP contribution in [0.25, 0.3) is 0 Å². The largest absolute Gasteiger partial charge is 0.394 e. The normalized spacial score (nSPS) is 11.7. The lowest BCUT2D eigenvalue weighted by molar-refractivity contribution is 0.115. The smallest absolute Gasteiger partial charge is 0.123 e. The van der Waals surface area contributed by atoms with E-state index in [1.807, 2.05) is 0 Å². The van der Waals surface area contributed by atoms with Crippen molar-refractivity contribution in [2.45, 2.75) is 18.4 Å². The molecule has 0 amide bonds. The molecule has 84 valence electrons. The van der Waals surface area contributed by atoms with Crippen molar-refractivity contribution in [1.29, 1.82) is 0 Å². The van der Waals surface area contributed by atoms with Crippen LogP contribution in [0.15, 0.2) is 24.3 Å². The predicted molar refractivity (Wildman–Crippen MR) is 55.8 cm³/mol. The molecule has 0 aliphatic heterocycles. The molecule has 3 nitrogen and oxygen atoms in total. The van der Waals surface area contributed by atoms with Crippen LogP contribution in [0.1, 0.15) is 12.0 Å². The Morgan fingerprint density at radius 1 is 1.27 bits per heavy atom. The van der Waals surface area contributed by atoms with Crippen LogP contribution in [0.3, 0.4) is 0 Å². The highest BCUT2D eigenvalue weighted by molar-refractivity contribution is 5.16. The van der Waals surface area contributed by atoms with E-state index in [2.05, 4.69) is 0 Å². The maximum Gasteiger partial charge on any atom is 0.123 e. The number of rotatable bonds is 5. The fourth-order valence-corrected chi connectivity index (χ4v) is 1.29. The SMILES string of the molecule is NC(CO)(CO)CCc1cccc(F)c1. The summed E-state index contributed by atoms with van der Waals surface area (Å²) in [5.74, 6) is -0.289. The second kappa shape index (κ2) is 5.21. The van der Waals surface area contributed by atoms with Gasteiger partial charge in [0.1, 0.15) is 5.82 Å². The van der Waals surface area contributed by atoms with Crippen LogP contribution in [0, 0.1) is 5.82 Å². The number of hydrogen-bond acceptors (Lipinski definition) is 3. The van der Waals surface area contributed by atoms with Gasteiger partial charge in [-0.15, -0.1) is 0 Å². The first-order valence-corrected chi connectivity index (χ1v) is 4.85. The molecule has 4 heteroatoms. The molecule has 1 aromatic rings. The summed E-state index contributed by atoms with van der Waals surface area (Å²) < 4.78 is 12.8. The maximum atomic E-state index is 12.8. The molecular weight excluding hydrogens is 197 g/mol. The Bertz CT molecular complexity index is 313. The van der Waals surface area contributed by atoms with Gasteiger partial charge in [0.15, 0.2) is 0 Å². The summed E-state index contributed by atoms with van der Waals surface area (Å²) in [7, 11) is 0. The fraction of sp³-hybridized carbons (Fsp3) is 0.455. The van der Waals surface area contributed by atoms with Crippen molar-refractivity contribution in [3.8, 4) is 0 Å². The van der Waals surface area contributed by atoms with E-state index in [4.69, 9.17) is 15.9 Å². The maximum absolute atomic E-state index is 12.8. The molecule has 0 atom stereocenters. The first-order valence-electron chi connectivity index (χ1n) is 4.85. The van der Waals surface area contributed by atoms with Crippen LogP contribution in [0.5, 0.6) is 0 Å². The molecule has 1 rings (SSSR count). The average molecular weight is 213 g/mol. The van der Waals surface area contributed by atoms with Crippen molar-refractivity contribution in [2.24, 2.45) is 5.73 Å². The molecule has 0 heterocycles. The van der Waals surface area contributed by atoms with Gasteiger partial charge in [0.25, 0.3) is 0 Å². The predicted octanol–water partition coefficient (Wildman–Crippen LogP) is 0.440. The third-order valence-electron chi connectivity index (χ3n) is 2.43. The molecular formula is C11H16FNO2. The van der Waals surface area contributed by atoms with Gasteiger partial charge < -0.3 is 15.9 Å².